The molecule has 0 saturated heterocycles. The van der Waals surface area contributed by atoms with Gasteiger partial charge in [0.2, 0.25) is 0 Å². The second-order valence-corrected chi connectivity index (χ2v) is 9.35. The summed E-state index contributed by atoms with van der Waals surface area (Å²) in [5.41, 5.74) is 1.50. The van der Waals surface area contributed by atoms with Crippen molar-refractivity contribution in [3.63, 3.8) is 0 Å². The predicted molar refractivity (Wildman–Crippen MR) is 95.8 cm³/mol. The Labute approximate surface area is 137 Å². The third kappa shape index (κ3) is 2.70. The summed E-state index contributed by atoms with van der Waals surface area (Å²) in [7, 11) is 0. The smallest absolute Gasteiger partial charge is 0.0797 e. The Balaban J connectivity index is 2.34. The van der Waals surface area contributed by atoms with Crippen LogP contribution < -0.4 is 0 Å². The summed E-state index contributed by atoms with van der Waals surface area (Å²) >= 11 is 0. The van der Waals surface area contributed by atoms with Crippen LogP contribution in [0, 0.1) is 22.2 Å². The molecule has 126 valence electrons. The average molecular weight is 305 g/mol. The zero-order chi connectivity index (χ0) is 16.8. The summed E-state index contributed by atoms with van der Waals surface area (Å²) in [6.07, 6.45) is 9.87. The average Bonchev–Trinajstić information content (AvgIpc) is 2.42. The second-order valence-electron chi connectivity index (χ2n) is 9.35. The second kappa shape index (κ2) is 5.51. The summed E-state index contributed by atoms with van der Waals surface area (Å²) in [6.45, 7) is 20.0. The summed E-state index contributed by atoms with van der Waals surface area (Å²) in [5.74, 6) is 0.762. The van der Waals surface area contributed by atoms with Crippen molar-refractivity contribution in [3.05, 3.63) is 24.8 Å². The Morgan fingerprint density at radius 3 is 2.50 bits per heavy atom. The van der Waals surface area contributed by atoms with Crippen LogP contribution in [0.1, 0.15) is 79.6 Å². The summed E-state index contributed by atoms with van der Waals surface area (Å²) in [5, 5.41) is 10.4. The van der Waals surface area contributed by atoms with Crippen LogP contribution in [-0.2, 0) is 0 Å². The van der Waals surface area contributed by atoms with Crippen LogP contribution in [0.15, 0.2) is 24.8 Å². The lowest BCUT2D eigenvalue weighted by Gasteiger charge is -2.63. The number of hydrogen-bond acceptors (Lipinski definition) is 1. The highest BCUT2D eigenvalue weighted by molar-refractivity contribution is 5.22. The third-order valence-corrected chi connectivity index (χ3v) is 7.58. The maximum atomic E-state index is 10.4. The predicted octanol–water partition coefficient (Wildman–Crippen LogP) is 5.89. The van der Waals surface area contributed by atoms with Crippen molar-refractivity contribution in [1.29, 1.82) is 0 Å². The first-order valence-corrected chi connectivity index (χ1v) is 9.03. The van der Waals surface area contributed by atoms with Crippen molar-refractivity contribution >= 4 is 0 Å². The van der Waals surface area contributed by atoms with E-state index in [1.807, 2.05) is 6.92 Å². The molecular weight excluding hydrogens is 268 g/mol. The first-order chi connectivity index (χ1) is 9.98. The van der Waals surface area contributed by atoms with E-state index in [0.29, 0.717) is 10.8 Å². The molecule has 2 fully saturated rings. The molecule has 2 aliphatic rings. The van der Waals surface area contributed by atoms with E-state index in [1.54, 1.807) is 6.08 Å². The minimum absolute atomic E-state index is 0.126. The molecule has 2 aliphatic carbocycles. The van der Waals surface area contributed by atoms with Crippen molar-refractivity contribution in [3.8, 4) is 0 Å². The topological polar surface area (TPSA) is 20.2 Å². The lowest BCUT2D eigenvalue weighted by molar-refractivity contribution is -0.102. The highest BCUT2D eigenvalue weighted by atomic mass is 16.3. The molecule has 0 amide bonds. The Bertz CT molecular complexity index is 459. The van der Waals surface area contributed by atoms with Crippen LogP contribution in [0.2, 0.25) is 0 Å². The number of rotatable bonds is 4. The van der Waals surface area contributed by atoms with Gasteiger partial charge in [0.25, 0.3) is 0 Å². The maximum Gasteiger partial charge on any atom is 0.0797 e. The largest absolute Gasteiger partial charge is 0.386 e. The first-order valence-electron chi connectivity index (χ1n) is 9.03. The van der Waals surface area contributed by atoms with Crippen molar-refractivity contribution in [2.45, 2.75) is 85.2 Å². The SMILES string of the molecule is C=C[C@@](C)(O)CCC1(C)C(=C)CCC2C(C)(C)CCCC21C. The molecule has 0 radical (unpaired) electrons. The minimum Gasteiger partial charge on any atom is -0.386 e. The van der Waals surface area contributed by atoms with Gasteiger partial charge >= 0.3 is 0 Å². The van der Waals surface area contributed by atoms with Gasteiger partial charge < -0.3 is 5.11 Å². The minimum atomic E-state index is -0.767. The highest BCUT2D eigenvalue weighted by Crippen LogP contribution is 2.67. The fourth-order valence-corrected chi connectivity index (χ4v) is 5.56. The summed E-state index contributed by atoms with van der Waals surface area (Å²) in [6, 6.07) is 0. The monoisotopic (exact) mass is 304 g/mol. The fourth-order valence-electron chi connectivity index (χ4n) is 5.56. The number of aliphatic hydroxyl groups is 1. The number of allylic oxidation sites excluding steroid dienone is 1. The molecule has 1 nitrogen and oxygen atoms in total. The summed E-state index contributed by atoms with van der Waals surface area (Å²) < 4.78 is 0. The van der Waals surface area contributed by atoms with Gasteiger partial charge in [-0.15, -0.1) is 6.58 Å². The molecule has 0 bridgehead atoms. The van der Waals surface area contributed by atoms with Crippen LogP contribution in [0.25, 0.3) is 0 Å². The van der Waals surface area contributed by atoms with Crippen LogP contribution in [0.3, 0.4) is 0 Å². The Hall–Kier alpha value is -0.560. The molecule has 3 unspecified atom stereocenters. The molecule has 22 heavy (non-hydrogen) atoms. The van der Waals surface area contributed by atoms with E-state index in [4.69, 9.17) is 0 Å². The van der Waals surface area contributed by atoms with Gasteiger partial charge in [0, 0.05) is 0 Å². The van der Waals surface area contributed by atoms with Crippen LogP contribution >= 0.6 is 0 Å². The first kappa shape index (κ1) is 17.8. The summed E-state index contributed by atoms with van der Waals surface area (Å²) in [4.78, 5) is 0. The van der Waals surface area contributed by atoms with E-state index in [1.165, 1.54) is 31.3 Å². The molecule has 0 aliphatic heterocycles. The van der Waals surface area contributed by atoms with E-state index in [2.05, 4.69) is 40.9 Å². The molecule has 1 heteroatoms. The maximum absolute atomic E-state index is 10.4. The Kier molecular flexibility index (Phi) is 4.46. The van der Waals surface area contributed by atoms with E-state index in [9.17, 15) is 5.11 Å². The van der Waals surface area contributed by atoms with Gasteiger partial charge in [0.05, 0.1) is 5.60 Å². The molecule has 0 aromatic rings. The lowest BCUT2D eigenvalue weighted by atomic mass is 9.42. The van der Waals surface area contributed by atoms with Crippen molar-refractivity contribution in [2.75, 3.05) is 0 Å². The van der Waals surface area contributed by atoms with E-state index >= 15 is 0 Å². The third-order valence-electron chi connectivity index (χ3n) is 7.58. The van der Waals surface area contributed by atoms with Gasteiger partial charge in [0.15, 0.2) is 0 Å². The molecule has 0 aromatic heterocycles. The number of hydrogen-bond donors (Lipinski definition) is 1. The van der Waals surface area contributed by atoms with Crippen LogP contribution in [-0.4, -0.2) is 10.7 Å². The van der Waals surface area contributed by atoms with Crippen molar-refractivity contribution < 1.29 is 5.11 Å². The van der Waals surface area contributed by atoms with Gasteiger partial charge in [-0.3, -0.25) is 0 Å². The normalized spacial score (nSPS) is 40.6. The number of fused-ring (bicyclic) bond motifs is 1. The fraction of sp³-hybridized carbons (Fsp3) is 0.810. The molecule has 0 spiro atoms. The van der Waals surface area contributed by atoms with Crippen molar-refractivity contribution in [1.82, 2.24) is 0 Å². The molecule has 2 saturated carbocycles. The van der Waals surface area contributed by atoms with Gasteiger partial charge in [-0.2, -0.15) is 0 Å². The molecule has 1 N–H and O–H groups in total. The standard InChI is InChI=1S/C21H36O/c1-8-19(5,22)14-15-20(6)16(2)10-11-17-18(3,4)12-9-13-21(17,20)7/h8,17,22H,1-2,9-15H2,3-7H3/t17?,19-,20?,21?/m1/s1. The van der Waals surface area contributed by atoms with Crippen LogP contribution in [0.5, 0.6) is 0 Å². The lowest BCUT2D eigenvalue weighted by Crippen LogP contribution is -2.54. The molecule has 4 atom stereocenters. The van der Waals surface area contributed by atoms with Crippen molar-refractivity contribution in [2.24, 2.45) is 22.2 Å². The van der Waals surface area contributed by atoms with E-state index in [0.717, 1.165) is 25.2 Å². The van der Waals surface area contributed by atoms with Gasteiger partial charge in [0.1, 0.15) is 0 Å². The van der Waals surface area contributed by atoms with Gasteiger partial charge in [-0.1, -0.05) is 52.3 Å². The highest BCUT2D eigenvalue weighted by Gasteiger charge is 2.58. The molecule has 0 heterocycles. The zero-order valence-electron chi connectivity index (χ0n) is 15.5. The van der Waals surface area contributed by atoms with Gasteiger partial charge in [-0.25, -0.2) is 0 Å². The van der Waals surface area contributed by atoms with Gasteiger partial charge in [-0.05, 0) is 67.6 Å². The quantitative estimate of drug-likeness (QED) is 0.642. The van der Waals surface area contributed by atoms with Crippen LogP contribution in [0.4, 0.5) is 0 Å². The Morgan fingerprint density at radius 1 is 1.27 bits per heavy atom. The Morgan fingerprint density at radius 2 is 1.91 bits per heavy atom. The zero-order valence-corrected chi connectivity index (χ0v) is 15.5. The molecule has 2 rings (SSSR count). The van der Waals surface area contributed by atoms with E-state index < -0.39 is 5.60 Å². The van der Waals surface area contributed by atoms with E-state index in [-0.39, 0.29) is 5.41 Å². The molecular formula is C21H36O. The molecule has 0 aromatic carbocycles.